The third-order valence-corrected chi connectivity index (χ3v) is 3.44. The average Bonchev–Trinajstić information content (AvgIpc) is 2.56. The van der Waals surface area contributed by atoms with E-state index in [1.54, 1.807) is 18.2 Å². The van der Waals surface area contributed by atoms with Gasteiger partial charge in [0.2, 0.25) is 0 Å². The second-order valence-electron chi connectivity index (χ2n) is 4.91. The maximum atomic E-state index is 12.2. The molecule has 1 fully saturated rings. The normalized spacial score (nSPS) is 15.1. The summed E-state index contributed by atoms with van der Waals surface area (Å²) in [6.07, 6.45) is 1.43. The smallest absolute Gasteiger partial charge is 0.333 e. The molecule has 0 unspecified atom stereocenters. The number of urea groups is 1. The molecule has 1 aliphatic heterocycles. The number of hydrogen-bond donors (Lipinski definition) is 0. The first-order valence-corrected chi connectivity index (χ1v) is 7.03. The standard InChI is InChI=1S/C16H18N2O5/c1-5-23-12-7-6-10(9-13(12)22-4)8-11-14(19)17(2)16(21)18(3)15(11)20/h6-9H,5H2,1-4H3. The number of ether oxygens (including phenoxy) is 2. The highest BCUT2D eigenvalue weighted by molar-refractivity contribution is 6.30. The predicted molar refractivity (Wildman–Crippen MR) is 83.1 cm³/mol. The van der Waals surface area contributed by atoms with Gasteiger partial charge in [0.05, 0.1) is 13.7 Å². The van der Waals surface area contributed by atoms with Crippen LogP contribution in [-0.2, 0) is 9.59 Å². The van der Waals surface area contributed by atoms with Gasteiger partial charge in [0.15, 0.2) is 11.5 Å². The Bertz CT molecular complexity index is 670. The van der Waals surface area contributed by atoms with Crippen molar-refractivity contribution >= 4 is 23.9 Å². The van der Waals surface area contributed by atoms with Crippen molar-refractivity contribution in [2.24, 2.45) is 0 Å². The Morgan fingerprint density at radius 3 is 2.17 bits per heavy atom. The van der Waals surface area contributed by atoms with Gasteiger partial charge in [-0.05, 0) is 30.7 Å². The fourth-order valence-electron chi connectivity index (χ4n) is 2.19. The molecule has 1 aromatic carbocycles. The van der Waals surface area contributed by atoms with Crippen LogP contribution < -0.4 is 9.47 Å². The highest BCUT2D eigenvalue weighted by Gasteiger charge is 2.37. The summed E-state index contributed by atoms with van der Waals surface area (Å²) in [5.41, 5.74) is 0.513. The van der Waals surface area contributed by atoms with Crippen LogP contribution in [0.4, 0.5) is 4.79 Å². The van der Waals surface area contributed by atoms with E-state index in [1.165, 1.54) is 27.3 Å². The molecule has 1 aromatic rings. The molecule has 1 aliphatic rings. The molecule has 1 heterocycles. The minimum Gasteiger partial charge on any atom is -0.493 e. The summed E-state index contributed by atoms with van der Waals surface area (Å²) in [4.78, 5) is 37.8. The lowest BCUT2D eigenvalue weighted by Gasteiger charge is -2.28. The molecule has 1 saturated heterocycles. The minimum atomic E-state index is -0.651. The molecule has 122 valence electrons. The molecule has 0 aliphatic carbocycles. The molecule has 0 aromatic heterocycles. The topological polar surface area (TPSA) is 76.2 Å². The molecular formula is C16H18N2O5. The summed E-state index contributed by atoms with van der Waals surface area (Å²) in [7, 11) is 4.17. The number of nitrogens with zero attached hydrogens (tertiary/aromatic N) is 2. The summed E-state index contributed by atoms with van der Waals surface area (Å²) in [6.45, 7) is 2.35. The highest BCUT2D eigenvalue weighted by Crippen LogP contribution is 2.29. The Kier molecular flexibility index (Phi) is 4.68. The molecule has 0 spiro atoms. The van der Waals surface area contributed by atoms with Crippen LogP contribution in [0.25, 0.3) is 6.08 Å². The molecule has 7 nitrogen and oxygen atoms in total. The van der Waals surface area contributed by atoms with Crippen molar-refractivity contribution in [1.82, 2.24) is 9.80 Å². The van der Waals surface area contributed by atoms with Crippen molar-refractivity contribution < 1.29 is 23.9 Å². The van der Waals surface area contributed by atoms with Crippen LogP contribution in [0.15, 0.2) is 23.8 Å². The van der Waals surface area contributed by atoms with E-state index >= 15 is 0 Å². The van der Waals surface area contributed by atoms with Crippen molar-refractivity contribution in [3.8, 4) is 11.5 Å². The van der Waals surface area contributed by atoms with E-state index in [0.29, 0.717) is 23.7 Å². The van der Waals surface area contributed by atoms with Crippen LogP contribution in [0.1, 0.15) is 12.5 Å². The van der Waals surface area contributed by atoms with Gasteiger partial charge in [-0.15, -0.1) is 0 Å². The van der Waals surface area contributed by atoms with E-state index in [-0.39, 0.29) is 5.57 Å². The molecule has 0 radical (unpaired) electrons. The lowest BCUT2D eigenvalue weighted by Crippen LogP contribution is -2.52. The first-order valence-electron chi connectivity index (χ1n) is 7.03. The van der Waals surface area contributed by atoms with Crippen LogP contribution in [0.2, 0.25) is 0 Å². The molecular weight excluding hydrogens is 300 g/mol. The van der Waals surface area contributed by atoms with E-state index in [1.807, 2.05) is 6.92 Å². The summed E-state index contributed by atoms with van der Waals surface area (Å²) in [5.74, 6) is -0.200. The number of carbonyl (C=O) groups is 3. The van der Waals surface area contributed by atoms with Crippen LogP contribution in [0.5, 0.6) is 11.5 Å². The summed E-state index contributed by atoms with van der Waals surface area (Å²) in [6, 6.07) is 4.42. The van der Waals surface area contributed by atoms with E-state index in [2.05, 4.69) is 0 Å². The average molecular weight is 318 g/mol. The maximum absolute atomic E-state index is 12.2. The Morgan fingerprint density at radius 2 is 1.65 bits per heavy atom. The second-order valence-corrected chi connectivity index (χ2v) is 4.91. The van der Waals surface area contributed by atoms with Crippen LogP contribution in [-0.4, -0.2) is 55.5 Å². The lowest BCUT2D eigenvalue weighted by molar-refractivity contribution is -0.134. The number of carbonyl (C=O) groups excluding carboxylic acids is 3. The van der Waals surface area contributed by atoms with E-state index in [9.17, 15) is 14.4 Å². The van der Waals surface area contributed by atoms with Gasteiger partial charge in [0, 0.05) is 14.1 Å². The predicted octanol–water partition coefficient (Wildman–Crippen LogP) is 1.53. The number of hydrogen-bond acceptors (Lipinski definition) is 5. The van der Waals surface area contributed by atoms with E-state index < -0.39 is 17.8 Å². The van der Waals surface area contributed by atoms with Gasteiger partial charge in [-0.25, -0.2) is 4.79 Å². The molecule has 4 amide bonds. The second kappa shape index (κ2) is 6.51. The van der Waals surface area contributed by atoms with Gasteiger partial charge in [-0.1, -0.05) is 6.07 Å². The number of benzene rings is 1. The van der Waals surface area contributed by atoms with Crippen LogP contribution >= 0.6 is 0 Å². The molecule has 0 bridgehead atoms. The maximum Gasteiger partial charge on any atom is 0.333 e. The van der Waals surface area contributed by atoms with Crippen LogP contribution in [0.3, 0.4) is 0 Å². The molecule has 0 N–H and O–H groups in total. The van der Waals surface area contributed by atoms with Crippen molar-refractivity contribution in [1.29, 1.82) is 0 Å². The van der Waals surface area contributed by atoms with E-state index in [4.69, 9.17) is 9.47 Å². The van der Waals surface area contributed by atoms with Crippen molar-refractivity contribution in [3.63, 3.8) is 0 Å². The number of likely N-dealkylation sites (N-methyl/N-ethyl adjacent to an activating group) is 2. The summed E-state index contributed by atoms with van der Waals surface area (Å²) < 4.78 is 10.7. The summed E-state index contributed by atoms with van der Waals surface area (Å²) >= 11 is 0. The minimum absolute atomic E-state index is 0.0826. The van der Waals surface area contributed by atoms with Gasteiger partial charge in [0.1, 0.15) is 5.57 Å². The Labute approximate surface area is 134 Å². The largest absolute Gasteiger partial charge is 0.493 e. The van der Waals surface area contributed by atoms with Crippen molar-refractivity contribution in [3.05, 3.63) is 29.3 Å². The Balaban J connectivity index is 2.42. The van der Waals surface area contributed by atoms with Gasteiger partial charge in [-0.3, -0.25) is 19.4 Å². The quantitative estimate of drug-likeness (QED) is 0.621. The van der Waals surface area contributed by atoms with Crippen LogP contribution in [0, 0.1) is 0 Å². The monoisotopic (exact) mass is 318 g/mol. The zero-order valence-electron chi connectivity index (χ0n) is 13.5. The third kappa shape index (κ3) is 3.03. The fraction of sp³-hybridized carbons (Fsp3) is 0.312. The third-order valence-electron chi connectivity index (χ3n) is 3.44. The SMILES string of the molecule is CCOc1ccc(C=C2C(=O)N(C)C(=O)N(C)C2=O)cc1OC. The Morgan fingerprint density at radius 1 is 1.04 bits per heavy atom. The van der Waals surface area contributed by atoms with Gasteiger partial charge in [-0.2, -0.15) is 0 Å². The van der Waals surface area contributed by atoms with Crippen molar-refractivity contribution in [2.45, 2.75) is 6.92 Å². The summed E-state index contributed by atoms with van der Waals surface area (Å²) in [5, 5.41) is 0. The highest BCUT2D eigenvalue weighted by atomic mass is 16.5. The molecule has 2 rings (SSSR count). The van der Waals surface area contributed by atoms with Gasteiger partial charge >= 0.3 is 6.03 Å². The molecule has 23 heavy (non-hydrogen) atoms. The molecule has 0 atom stereocenters. The Hall–Kier alpha value is -2.83. The fourth-order valence-corrected chi connectivity index (χ4v) is 2.19. The van der Waals surface area contributed by atoms with E-state index in [0.717, 1.165) is 9.80 Å². The number of barbiturate groups is 1. The zero-order valence-corrected chi connectivity index (χ0v) is 13.5. The number of methoxy groups -OCH3 is 1. The zero-order chi connectivity index (χ0) is 17.1. The molecule has 7 heteroatoms. The van der Waals surface area contributed by atoms with Gasteiger partial charge in [0.25, 0.3) is 11.8 Å². The number of imide groups is 2. The number of rotatable bonds is 4. The molecule has 0 saturated carbocycles. The first kappa shape index (κ1) is 16.5. The first-order chi connectivity index (χ1) is 10.9. The number of amides is 4. The lowest BCUT2D eigenvalue weighted by atomic mass is 10.1. The van der Waals surface area contributed by atoms with Gasteiger partial charge < -0.3 is 9.47 Å². The van der Waals surface area contributed by atoms with Crippen molar-refractivity contribution in [2.75, 3.05) is 27.8 Å².